The van der Waals surface area contributed by atoms with Crippen molar-refractivity contribution in [1.82, 2.24) is 9.78 Å². The molecule has 0 atom stereocenters. The third-order valence-electron chi connectivity index (χ3n) is 5.51. The molecule has 0 radical (unpaired) electrons. The summed E-state index contributed by atoms with van der Waals surface area (Å²) in [5.41, 5.74) is -0.963. The Labute approximate surface area is 216 Å². The molecule has 3 aromatic rings. The van der Waals surface area contributed by atoms with Crippen LogP contribution < -0.4 is 10.2 Å². The Morgan fingerprint density at radius 3 is 2.30 bits per heavy atom. The molecule has 1 heterocycles. The van der Waals surface area contributed by atoms with E-state index in [1.165, 1.54) is 35.0 Å². The third kappa shape index (κ3) is 7.57. The van der Waals surface area contributed by atoms with E-state index in [0.717, 1.165) is 68.7 Å². The molecule has 12 heteroatoms. The van der Waals surface area contributed by atoms with E-state index in [9.17, 15) is 31.2 Å². The molecule has 37 heavy (non-hydrogen) atoms. The van der Waals surface area contributed by atoms with Gasteiger partial charge in [-0.2, -0.15) is 5.10 Å². The monoisotopic (exact) mass is 556 g/mol. The molecule has 2 aromatic carbocycles. The van der Waals surface area contributed by atoms with Gasteiger partial charge in [0.05, 0.1) is 21.5 Å². The highest BCUT2D eigenvalue weighted by Gasteiger charge is 2.31. The second-order valence-electron chi connectivity index (χ2n) is 8.46. The summed E-state index contributed by atoms with van der Waals surface area (Å²) in [6, 6.07) is 8.79. The minimum Gasteiger partial charge on any atom is -0.406 e. The number of hydrogen-bond acceptors (Lipinski definition) is 7. The Hall–Kier alpha value is -2.86. The zero-order valence-corrected chi connectivity index (χ0v) is 22.0. The van der Waals surface area contributed by atoms with Gasteiger partial charge in [0.1, 0.15) is 5.75 Å². The van der Waals surface area contributed by atoms with Crippen LogP contribution in [-0.2, 0) is 9.84 Å². The number of carbonyl (C=O) groups excluding carboxylic acids is 1. The molecule has 0 aliphatic rings. The molecule has 0 fully saturated rings. The highest BCUT2D eigenvalue weighted by Crippen LogP contribution is 2.27. The normalized spacial score (nSPS) is 12.1. The summed E-state index contributed by atoms with van der Waals surface area (Å²) in [6.07, 6.45) is 2.24. The van der Waals surface area contributed by atoms with Crippen molar-refractivity contribution in [3.8, 4) is 11.4 Å². The van der Waals surface area contributed by atoms with Crippen molar-refractivity contribution in [2.45, 2.75) is 56.7 Å². The van der Waals surface area contributed by atoms with Crippen LogP contribution in [0, 0.1) is 0 Å². The molecule has 0 N–H and O–H groups in total. The highest BCUT2D eigenvalue weighted by molar-refractivity contribution is 8.14. The number of benzene rings is 2. The first-order valence-corrected chi connectivity index (χ1v) is 14.6. The van der Waals surface area contributed by atoms with Crippen molar-refractivity contribution in [2.24, 2.45) is 0 Å². The van der Waals surface area contributed by atoms with Gasteiger partial charge in [-0.1, -0.05) is 56.9 Å². The maximum atomic E-state index is 13.3. The van der Waals surface area contributed by atoms with Crippen LogP contribution in [0.15, 0.2) is 52.2 Å². The van der Waals surface area contributed by atoms with Gasteiger partial charge in [-0.15, -0.1) is 13.2 Å². The summed E-state index contributed by atoms with van der Waals surface area (Å²) in [7, 11) is -3.86. The number of hydrogen-bond donors (Lipinski definition) is 0. The maximum absolute atomic E-state index is 13.3. The summed E-state index contributed by atoms with van der Waals surface area (Å²) < 4.78 is 67.6. The average Bonchev–Trinajstić information content (AvgIpc) is 2.82. The lowest BCUT2D eigenvalue weighted by Crippen LogP contribution is -2.23. The van der Waals surface area contributed by atoms with Crippen LogP contribution >= 0.6 is 11.8 Å². The van der Waals surface area contributed by atoms with E-state index < -0.39 is 38.2 Å². The number of nitrogens with zero attached hydrogens (tertiary/aromatic N) is 2. The van der Waals surface area contributed by atoms with Crippen LogP contribution in [0.25, 0.3) is 16.6 Å². The Morgan fingerprint density at radius 1 is 1.03 bits per heavy atom. The van der Waals surface area contributed by atoms with Crippen LogP contribution in [0.2, 0.25) is 0 Å². The van der Waals surface area contributed by atoms with Crippen molar-refractivity contribution in [3.05, 3.63) is 58.4 Å². The number of aromatic nitrogens is 2. The van der Waals surface area contributed by atoms with E-state index in [1.54, 1.807) is 0 Å². The molecule has 1 aromatic heterocycles. The van der Waals surface area contributed by atoms with Gasteiger partial charge in [-0.05, 0) is 42.8 Å². The topological polar surface area (TPSA) is 95.3 Å². The van der Waals surface area contributed by atoms with E-state index in [0.29, 0.717) is 5.75 Å². The molecular weight excluding hydrogens is 529 g/mol. The number of sulfone groups is 1. The van der Waals surface area contributed by atoms with E-state index in [1.807, 2.05) is 0 Å². The number of halogens is 3. The zero-order valence-electron chi connectivity index (χ0n) is 20.4. The molecule has 0 spiro atoms. The predicted octanol–water partition coefficient (Wildman–Crippen LogP) is 5.92. The van der Waals surface area contributed by atoms with Crippen molar-refractivity contribution in [1.29, 1.82) is 0 Å². The first kappa shape index (κ1) is 28.7. The highest BCUT2D eigenvalue weighted by atomic mass is 32.2. The van der Waals surface area contributed by atoms with Gasteiger partial charge in [0.15, 0.2) is 15.5 Å². The van der Waals surface area contributed by atoms with E-state index in [4.69, 9.17) is 0 Å². The van der Waals surface area contributed by atoms with Crippen molar-refractivity contribution < 1.29 is 31.1 Å². The van der Waals surface area contributed by atoms with Crippen LogP contribution in [0.4, 0.5) is 13.2 Å². The summed E-state index contributed by atoms with van der Waals surface area (Å²) >= 11 is 0.933. The number of rotatable bonds is 11. The van der Waals surface area contributed by atoms with Crippen molar-refractivity contribution in [2.75, 3.05) is 12.0 Å². The van der Waals surface area contributed by atoms with Gasteiger partial charge in [0.2, 0.25) is 10.5 Å². The lowest BCUT2D eigenvalue weighted by atomic mass is 10.1. The molecule has 0 aliphatic heterocycles. The molecule has 0 unspecified atom stereocenters. The van der Waals surface area contributed by atoms with Gasteiger partial charge in [0.25, 0.3) is 0 Å². The van der Waals surface area contributed by atoms with Crippen LogP contribution in [-0.4, -0.2) is 41.7 Å². The minimum absolute atomic E-state index is 0.0925. The zero-order chi connectivity index (χ0) is 27.2. The Kier molecular flexibility index (Phi) is 9.41. The maximum Gasteiger partial charge on any atom is 0.573 e. The Balaban J connectivity index is 2.03. The lowest BCUT2D eigenvalue weighted by molar-refractivity contribution is -0.274. The van der Waals surface area contributed by atoms with Crippen molar-refractivity contribution >= 4 is 37.6 Å². The summed E-state index contributed by atoms with van der Waals surface area (Å²) in [6.45, 7) is 2.12. The fraction of sp³-hybridized carbons (Fsp3) is 0.400. The Bertz CT molecular complexity index is 1420. The van der Waals surface area contributed by atoms with Gasteiger partial charge >= 0.3 is 6.36 Å². The standard InChI is InChI=1S/C25H27F3N2O5S2/c1-3-4-5-6-7-8-16-36-24(32)22-23(31)21-19(10-9-11-20(21)37(2,33)34)30(29-22)17-12-14-18(15-13-17)35-25(26,27)28/h9-15H,3-8,16H2,1-2H3. The van der Waals surface area contributed by atoms with Crippen molar-refractivity contribution in [3.63, 3.8) is 0 Å². The second kappa shape index (κ2) is 12.1. The quantitative estimate of drug-likeness (QED) is 0.271. The first-order valence-electron chi connectivity index (χ1n) is 11.7. The Morgan fingerprint density at radius 2 is 1.68 bits per heavy atom. The number of thioether (sulfide) groups is 1. The van der Waals surface area contributed by atoms with Gasteiger partial charge < -0.3 is 4.74 Å². The molecule has 200 valence electrons. The second-order valence-corrected chi connectivity index (χ2v) is 11.5. The summed E-state index contributed by atoms with van der Waals surface area (Å²) in [5, 5.41) is 3.40. The number of ether oxygens (including phenoxy) is 1. The van der Waals surface area contributed by atoms with E-state index in [-0.39, 0.29) is 21.5 Å². The molecular formula is C25H27F3N2O5S2. The van der Waals surface area contributed by atoms with Gasteiger partial charge in [-0.25, -0.2) is 13.1 Å². The SMILES string of the molecule is CCCCCCCCSC(=O)c1nn(-c2ccc(OC(F)(F)F)cc2)c2cccc(S(C)(=O)=O)c2c1=O. The number of alkyl halides is 3. The average molecular weight is 557 g/mol. The van der Waals surface area contributed by atoms with Gasteiger partial charge in [0, 0.05) is 12.0 Å². The number of carbonyl (C=O) groups is 1. The largest absolute Gasteiger partial charge is 0.573 e. The molecule has 7 nitrogen and oxygen atoms in total. The third-order valence-corrected chi connectivity index (χ3v) is 7.60. The molecule has 0 saturated heterocycles. The molecule has 3 rings (SSSR count). The van der Waals surface area contributed by atoms with Crippen LogP contribution in [0.5, 0.6) is 5.75 Å². The summed E-state index contributed by atoms with van der Waals surface area (Å²) in [5.74, 6) is 0.00521. The van der Waals surface area contributed by atoms with Gasteiger partial charge in [-0.3, -0.25) is 9.59 Å². The molecule has 0 aliphatic carbocycles. The first-order chi connectivity index (χ1) is 17.4. The van der Waals surface area contributed by atoms with E-state index >= 15 is 0 Å². The smallest absolute Gasteiger partial charge is 0.406 e. The number of fused-ring (bicyclic) bond motifs is 1. The number of unbranched alkanes of at least 4 members (excludes halogenated alkanes) is 5. The molecule has 0 amide bonds. The fourth-order valence-electron chi connectivity index (χ4n) is 3.79. The fourth-order valence-corrected chi connectivity index (χ4v) is 5.48. The van der Waals surface area contributed by atoms with Crippen LogP contribution in [0.1, 0.15) is 55.9 Å². The minimum atomic E-state index is -4.87. The molecule has 0 bridgehead atoms. The van der Waals surface area contributed by atoms with E-state index in [2.05, 4.69) is 16.8 Å². The molecule has 0 saturated carbocycles. The van der Waals surface area contributed by atoms with Crippen LogP contribution in [0.3, 0.4) is 0 Å². The summed E-state index contributed by atoms with van der Waals surface area (Å²) in [4.78, 5) is 26.0. The predicted molar refractivity (Wildman–Crippen MR) is 137 cm³/mol. The lowest BCUT2D eigenvalue weighted by Gasteiger charge is -2.14.